The summed E-state index contributed by atoms with van der Waals surface area (Å²) in [7, 11) is 3.03. The molecule has 0 aromatic heterocycles. The molecule has 2 aromatic rings. The Kier molecular flexibility index (Phi) is 3.10. The van der Waals surface area contributed by atoms with Crippen molar-refractivity contribution < 1.29 is 19.0 Å². The van der Waals surface area contributed by atoms with Crippen LogP contribution in [0.1, 0.15) is 15.9 Å². The quantitative estimate of drug-likeness (QED) is 0.641. The van der Waals surface area contributed by atoms with Crippen LogP contribution in [0, 0.1) is 5.21 Å². The molecule has 5 nitrogen and oxygen atoms in total. The van der Waals surface area contributed by atoms with Crippen LogP contribution in [-0.4, -0.2) is 30.5 Å². The Morgan fingerprint density at radius 2 is 1.71 bits per heavy atom. The first-order chi connectivity index (χ1) is 10.2. The van der Waals surface area contributed by atoms with Gasteiger partial charge in [-0.3, -0.25) is 4.79 Å². The van der Waals surface area contributed by atoms with Gasteiger partial charge in [0.2, 0.25) is 5.69 Å². The molecule has 0 fully saturated rings. The number of fused-ring (bicyclic) bond motifs is 1. The lowest BCUT2D eigenvalue weighted by molar-refractivity contribution is -0.355. The molecule has 2 aromatic carbocycles. The first-order valence-corrected chi connectivity index (χ1v) is 6.37. The summed E-state index contributed by atoms with van der Waals surface area (Å²) >= 11 is 0. The van der Waals surface area contributed by atoms with Gasteiger partial charge in [-0.25, -0.2) is 0 Å². The van der Waals surface area contributed by atoms with E-state index in [0.717, 1.165) is 0 Å². The molecule has 0 saturated heterocycles. The number of nitrogens with zero attached hydrogens (tertiary/aromatic N) is 1. The third kappa shape index (κ3) is 1.94. The summed E-state index contributed by atoms with van der Waals surface area (Å²) in [6, 6.07) is 11.8. The van der Waals surface area contributed by atoms with Crippen molar-refractivity contribution in [2.75, 3.05) is 14.2 Å². The fourth-order valence-electron chi connectivity index (χ4n) is 2.42. The van der Waals surface area contributed by atoms with Gasteiger partial charge in [0.05, 0.1) is 19.8 Å². The molecule has 1 heterocycles. The number of rotatable bonds is 3. The second-order valence-corrected chi connectivity index (χ2v) is 4.56. The van der Waals surface area contributed by atoms with Crippen molar-refractivity contribution in [3.05, 3.63) is 58.8 Å². The zero-order chi connectivity index (χ0) is 15.0. The smallest absolute Gasteiger partial charge is 0.273 e. The molecule has 0 bridgehead atoms. The van der Waals surface area contributed by atoms with Gasteiger partial charge in [-0.05, 0) is 30.3 Å². The predicted octanol–water partition coefficient (Wildman–Crippen LogP) is 2.53. The van der Waals surface area contributed by atoms with Gasteiger partial charge >= 0.3 is 0 Å². The molecule has 0 unspecified atom stereocenters. The van der Waals surface area contributed by atoms with Crippen molar-refractivity contribution in [1.82, 2.24) is 0 Å². The number of ketones is 1. The molecule has 0 amide bonds. The number of carbonyl (C=O) groups is 1. The highest BCUT2D eigenvalue weighted by Crippen LogP contribution is 2.34. The molecule has 0 N–H and O–H groups in total. The van der Waals surface area contributed by atoms with E-state index in [0.29, 0.717) is 33.1 Å². The summed E-state index contributed by atoms with van der Waals surface area (Å²) < 4.78 is 10.9. The van der Waals surface area contributed by atoms with Crippen LogP contribution in [0.5, 0.6) is 11.5 Å². The number of ether oxygens (including phenoxy) is 2. The molecule has 0 radical (unpaired) electrons. The van der Waals surface area contributed by atoms with E-state index >= 15 is 0 Å². The Morgan fingerprint density at radius 1 is 1.00 bits per heavy atom. The monoisotopic (exact) mass is 283 g/mol. The van der Waals surface area contributed by atoms with Crippen LogP contribution in [0.25, 0.3) is 0 Å². The van der Waals surface area contributed by atoms with Crippen LogP contribution in [0.15, 0.2) is 42.5 Å². The Morgan fingerprint density at radius 3 is 2.33 bits per heavy atom. The summed E-state index contributed by atoms with van der Waals surface area (Å²) in [4.78, 5) is 12.6. The van der Waals surface area contributed by atoms with Crippen LogP contribution in [0.4, 0.5) is 5.69 Å². The van der Waals surface area contributed by atoms with Crippen LogP contribution in [-0.2, 0) is 0 Å². The highest BCUT2D eigenvalue weighted by molar-refractivity contribution is 6.52. The molecule has 0 saturated carbocycles. The van der Waals surface area contributed by atoms with Crippen molar-refractivity contribution in [1.29, 1.82) is 0 Å². The van der Waals surface area contributed by atoms with E-state index in [4.69, 9.17) is 9.47 Å². The van der Waals surface area contributed by atoms with E-state index in [2.05, 4.69) is 0 Å². The highest BCUT2D eigenvalue weighted by atomic mass is 16.5. The summed E-state index contributed by atoms with van der Waals surface area (Å²) in [6.45, 7) is 0. The Hall–Kier alpha value is -2.82. The van der Waals surface area contributed by atoms with E-state index in [1.807, 2.05) is 0 Å². The number of methoxy groups -OCH3 is 2. The van der Waals surface area contributed by atoms with E-state index in [1.165, 1.54) is 7.11 Å². The summed E-state index contributed by atoms with van der Waals surface area (Å²) in [6.07, 6.45) is 0. The first kappa shape index (κ1) is 13.2. The number of Topliss-reactive ketones (excluding diaryl/α,β-unsaturated/α-hetero) is 1. The van der Waals surface area contributed by atoms with Crippen LogP contribution in [0.3, 0.4) is 0 Å². The van der Waals surface area contributed by atoms with Crippen molar-refractivity contribution >= 4 is 17.2 Å². The van der Waals surface area contributed by atoms with E-state index in [1.54, 1.807) is 49.6 Å². The second kappa shape index (κ2) is 4.94. The average Bonchev–Trinajstić information content (AvgIpc) is 2.79. The van der Waals surface area contributed by atoms with Crippen LogP contribution in [0.2, 0.25) is 0 Å². The third-order valence-electron chi connectivity index (χ3n) is 3.45. The second-order valence-electron chi connectivity index (χ2n) is 4.56. The average molecular weight is 283 g/mol. The van der Waals surface area contributed by atoms with Crippen molar-refractivity contribution in [2.45, 2.75) is 0 Å². The minimum absolute atomic E-state index is 0.0946. The molecule has 106 valence electrons. The van der Waals surface area contributed by atoms with Gasteiger partial charge < -0.3 is 14.7 Å². The first-order valence-electron chi connectivity index (χ1n) is 6.37. The lowest BCUT2D eigenvalue weighted by Crippen LogP contribution is -2.16. The van der Waals surface area contributed by atoms with Gasteiger partial charge in [0.1, 0.15) is 17.1 Å². The number of hydrogen-bond donors (Lipinski definition) is 0. The van der Waals surface area contributed by atoms with Crippen LogP contribution >= 0.6 is 0 Å². The third-order valence-corrected chi connectivity index (χ3v) is 3.45. The minimum atomic E-state index is -0.331. The molecule has 0 spiro atoms. The van der Waals surface area contributed by atoms with Gasteiger partial charge in [0.25, 0.3) is 11.5 Å². The maximum Gasteiger partial charge on any atom is 0.273 e. The fourth-order valence-corrected chi connectivity index (χ4v) is 2.42. The topological polar surface area (TPSA) is 61.6 Å². The number of carbonyl (C=O) groups excluding carboxylic acids is 1. The van der Waals surface area contributed by atoms with Gasteiger partial charge in [-0.1, -0.05) is 6.07 Å². The lowest BCUT2D eigenvalue weighted by Gasteiger charge is -2.03. The Bertz CT molecular complexity index is 747. The maximum absolute atomic E-state index is 12.6. The standard InChI is InChI=1S/C16H13NO4/c1-20-11-8-6-10(7-9-11)15-16(18)14-12(17(15)19)4-3-5-13(14)21-2/h3-9H,1-2H3. The largest absolute Gasteiger partial charge is 0.618 e. The fraction of sp³-hybridized carbons (Fsp3) is 0.125. The molecule has 1 aliphatic heterocycles. The Balaban J connectivity index is 2.12. The molecule has 0 aliphatic carbocycles. The Labute approximate surface area is 121 Å². The molecule has 3 rings (SSSR count). The van der Waals surface area contributed by atoms with E-state index in [9.17, 15) is 10.0 Å². The highest BCUT2D eigenvalue weighted by Gasteiger charge is 2.39. The molecular weight excluding hydrogens is 270 g/mol. The maximum atomic E-state index is 12.6. The van der Waals surface area contributed by atoms with Gasteiger partial charge in [0, 0.05) is 6.07 Å². The van der Waals surface area contributed by atoms with E-state index in [-0.39, 0.29) is 11.5 Å². The summed E-state index contributed by atoms with van der Waals surface area (Å²) in [5, 5.41) is 12.4. The van der Waals surface area contributed by atoms with Crippen LogP contribution < -0.4 is 9.47 Å². The predicted molar refractivity (Wildman–Crippen MR) is 77.7 cm³/mol. The number of hydrogen-bond acceptors (Lipinski definition) is 4. The van der Waals surface area contributed by atoms with Crippen molar-refractivity contribution in [3.8, 4) is 11.5 Å². The zero-order valence-electron chi connectivity index (χ0n) is 11.6. The van der Waals surface area contributed by atoms with Gasteiger partial charge in [0.15, 0.2) is 0 Å². The summed E-state index contributed by atoms with van der Waals surface area (Å²) in [5.74, 6) is 0.738. The molecular formula is C16H13NO4. The van der Waals surface area contributed by atoms with Crippen molar-refractivity contribution in [3.63, 3.8) is 0 Å². The van der Waals surface area contributed by atoms with Gasteiger partial charge in [-0.2, -0.15) is 4.74 Å². The molecule has 0 atom stereocenters. The van der Waals surface area contributed by atoms with Gasteiger partial charge in [-0.15, -0.1) is 0 Å². The minimum Gasteiger partial charge on any atom is -0.618 e. The SMILES string of the molecule is COc1ccc(C2=[N+]([O-])c3cccc(OC)c3C2=O)cc1. The number of benzene rings is 2. The lowest BCUT2D eigenvalue weighted by atomic mass is 10.0. The van der Waals surface area contributed by atoms with Crippen molar-refractivity contribution in [2.24, 2.45) is 0 Å². The van der Waals surface area contributed by atoms with E-state index < -0.39 is 0 Å². The zero-order valence-corrected chi connectivity index (χ0v) is 11.6. The summed E-state index contributed by atoms with van der Waals surface area (Å²) in [5.41, 5.74) is 1.26. The molecule has 5 heteroatoms. The molecule has 1 aliphatic rings. The molecule has 21 heavy (non-hydrogen) atoms. The normalized spacial score (nSPS) is 13.3.